The predicted molar refractivity (Wildman–Crippen MR) is 131 cm³/mol. The minimum absolute atomic E-state index is 0.655. The Morgan fingerprint density at radius 1 is 0.875 bits per heavy atom. The Labute approximate surface area is 196 Å². The third-order valence-corrected chi connectivity index (χ3v) is 6.24. The highest BCUT2D eigenvalue weighted by atomic mass is 35.5. The lowest BCUT2D eigenvalue weighted by Crippen LogP contribution is -2.39. The highest BCUT2D eigenvalue weighted by molar-refractivity contribution is 6.31. The average Bonchev–Trinajstić information content (AvgIpc) is 3.34. The maximum Gasteiger partial charge on any atom is 0.109 e. The number of benzene rings is 3. The third-order valence-electron chi connectivity index (χ3n) is 5.75. The number of aromatic amines is 1. The molecule has 0 amide bonds. The first-order chi connectivity index (χ1) is 15.4. The zero-order chi connectivity index (χ0) is 22.3. The lowest BCUT2D eigenvalue weighted by atomic mass is 9.80. The number of H-pyrrole nitrogens is 1. The molecule has 5 rings (SSSR count). The van der Waals surface area contributed by atoms with Gasteiger partial charge in [0.05, 0.1) is 23.7 Å². The molecule has 0 aliphatic heterocycles. The van der Waals surface area contributed by atoms with Crippen molar-refractivity contribution >= 4 is 34.1 Å². The number of nitrogens with two attached hydrogens (primary N) is 1. The van der Waals surface area contributed by atoms with Crippen molar-refractivity contribution in [3.05, 3.63) is 118 Å². The Hall–Kier alpha value is -3.18. The molecule has 1 unspecified atom stereocenters. The van der Waals surface area contributed by atoms with E-state index in [0.29, 0.717) is 10.0 Å². The minimum atomic E-state index is -0.953. The first-order valence-electron chi connectivity index (χ1n) is 10.2. The summed E-state index contributed by atoms with van der Waals surface area (Å²) in [6.07, 6.45) is 3.39. The summed E-state index contributed by atoms with van der Waals surface area (Å²) in [4.78, 5) is 12.2. The van der Waals surface area contributed by atoms with Gasteiger partial charge in [-0.2, -0.15) is 0 Å². The van der Waals surface area contributed by atoms with E-state index in [9.17, 15) is 0 Å². The van der Waals surface area contributed by atoms with E-state index in [1.165, 1.54) is 0 Å². The van der Waals surface area contributed by atoms with E-state index in [0.717, 1.165) is 44.5 Å². The summed E-state index contributed by atoms with van der Waals surface area (Å²) in [5.41, 5.74) is 12.7. The van der Waals surface area contributed by atoms with E-state index in [1.54, 1.807) is 12.5 Å². The lowest BCUT2D eigenvalue weighted by molar-refractivity contribution is 0.634. The zero-order valence-electron chi connectivity index (χ0n) is 17.3. The molecule has 4 nitrogen and oxygen atoms in total. The van der Waals surface area contributed by atoms with Crippen LogP contribution in [0.5, 0.6) is 0 Å². The van der Waals surface area contributed by atoms with Gasteiger partial charge in [0, 0.05) is 21.1 Å². The van der Waals surface area contributed by atoms with Crippen LogP contribution in [0.2, 0.25) is 10.0 Å². The van der Waals surface area contributed by atoms with Gasteiger partial charge in [-0.1, -0.05) is 53.5 Å². The molecule has 0 aliphatic carbocycles. The first kappa shape index (κ1) is 20.7. The van der Waals surface area contributed by atoms with Crippen molar-refractivity contribution in [1.82, 2.24) is 15.0 Å². The van der Waals surface area contributed by atoms with Crippen molar-refractivity contribution in [3.8, 4) is 11.1 Å². The van der Waals surface area contributed by atoms with Gasteiger partial charge >= 0.3 is 0 Å². The van der Waals surface area contributed by atoms with Crippen LogP contribution >= 0.6 is 23.2 Å². The Bertz CT molecular complexity index is 1410. The number of rotatable bonds is 4. The number of hydrogen-bond donors (Lipinski definition) is 2. The summed E-state index contributed by atoms with van der Waals surface area (Å²) >= 11 is 12.4. The molecule has 158 valence electrons. The van der Waals surface area contributed by atoms with Crippen molar-refractivity contribution in [2.24, 2.45) is 5.73 Å². The van der Waals surface area contributed by atoms with Crippen LogP contribution in [-0.2, 0) is 5.54 Å². The topological polar surface area (TPSA) is 67.6 Å². The molecule has 0 fully saturated rings. The Morgan fingerprint density at radius 2 is 1.66 bits per heavy atom. The van der Waals surface area contributed by atoms with Gasteiger partial charge in [-0.05, 0) is 71.6 Å². The molecule has 0 radical (unpaired) electrons. The molecule has 0 saturated carbocycles. The largest absolute Gasteiger partial charge is 0.346 e. The van der Waals surface area contributed by atoms with Crippen LogP contribution in [0.1, 0.15) is 22.5 Å². The number of nitrogens with one attached hydrogen (secondary N) is 1. The quantitative estimate of drug-likeness (QED) is 0.323. The molecule has 32 heavy (non-hydrogen) atoms. The maximum absolute atomic E-state index is 7.13. The Kier molecular flexibility index (Phi) is 5.22. The van der Waals surface area contributed by atoms with Crippen LogP contribution in [-0.4, -0.2) is 15.0 Å². The van der Waals surface area contributed by atoms with Crippen LogP contribution in [0, 0.1) is 6.92 Å². The smallest absolute Gasteiger partial charge is 0.109 e. The number of hydrogen-bond acceptors (Lipinski definition) is 3. The molecule has 0 aliphatic rings. The summed E-state index contributed by atoms with van der Waals surface area (Å²) in [6.45, 7) is 1.99. The monoisotopic (exact) mass is 458 g/mol. The molecule has 3 N–H and O–H groups in total. The fraction of sp³-hybridized carbons (Fsp3) is 0.0769. The van der Waals surface area contributed by atoms with Gasteiger partial charge in [0.15, 0.2) is 0 Å². The number of imidazole rings is 1. The van der Waals surface area contributed by atoms with Gasteiger partial charge in [0.2, 0.25) is 0 Å². The molecule has 2 heterocycles. The fourth-order valence-corrected chi connectivity index (χ4v) is 4.48. The van der Waals surface area contributed by atoms with Crippen LogP contribution in [0.15, 0.2) is 85.3 Å². The number of aryl methyl sites for hydroxylation is 1. The molecular weight excluding hydrogens is 439 g/mol. The van der Waals surface area contributed by atoms with Crippen molar-refractivity contribution in [3.63, 3.8) is 0 Å². The molecule has 5 aromatic rings. The summed E-state index contributed by atoms with van der Waals surface area (Å²) in [6, 6.07) is 23.6. The van der Waals surface area contributed by atoms with Crippen LogP contribution in [0.25, 0.3) is 22.0 Å². The number of aromatic nitrogens is 3. The molecule has 1 atom stereocenters. The number of pyridine rings is 1. The van der Waals surface area contributed by atoms with E-state index >= 15 is 0 Å². The molecular formula is C26H20Cl2N4. The van der Waals surface area contributed by atoms with Gasteiger partial charge in [0.25, 0.3) is 0 Å². The molecule has 0 spiro atoms. The summed E-state index contributed by atoms with van der Waals surface area (Å²) in [7, 11) is 0. The molecule has 6 heteroatoms. The normalized spacial score (nSPS) is 13.2. The van der Waals surface area contributed by atoms with Crippen LogP contribution < -0.4 is 5.73 Å². The Balaban J connectivity index is 1.78. The van der Waals surface area contributed by atoms with E-state index in [4.69, 9.17) is 33.9 Å². The molecule has 2 aromatic heterocycles. The minimum Gasteiger partial charge on any atom is -0.346 e. The predicted octanol–water partition coefficient (Wildman–Crippen LogP) is 6.49. The second-order valence-corrected chi connectivity index (χ2v) is 8.71. The highest BCUT2D eigenvalue weighted by Gasteiger charge is 2.34. The third kappa shape index (κ3) is 3.56. The number of halogens is 2. The van der Waals surface area contributed by atoms with Crippen LogP contribution in [0.4, 0.5) is 0 Å². The van der Waals surface area contributed by atoms with Crippen LogP contribution in [0.3, 0.4) is 0 Å². The van der Waals surface area contributed by atoms with E-state index in [2.05, 4.69) is 28.2 Å². The summed E-state index contributed by atoms with van der Waals surface area (Å²) in [5, 5.41) is 2.34. The van der Waals surface area contributed by atoms with E-state index in [1.807, 2.05) is 61.5 Å². The highest BCUT2D eigenvalue weighted by Crippen LogP contribution is 2.37. The molecule has 0 saturated heterocycles. The first-order valence-corrected chi connectivity index (χ1v) is 10.9. The fourth-order valence-electron chi connectivity index (χ4n) is 4.16. The van der Waals surface area contributed by atoms with E-state index in [-0.39, 0.29) is 0 Å². The van der Waals surface area contributed by atoms with Gasteiger partial charge in [0.1, 0.15) is 5.54 Å². The SMILES string of the molecule is Cc1cc(-c2cccc(Cl)c2)c2cc(C(N)(c3ccc(Cl)cc3)c3cnc[nH]3)ccc2n1. The zero-order valence-corrected chi connectivity index (χ0v) is 18.8. The average molecular weight is 459 g/mol. The summed E-state index contributed by atoms with van der Waals surface area (Å²) in [5.74, 6) is 0. The second-order valence-electron chi connectivity index (χ2n) is 7.83. The van der Waals surface area contributed by atoms with Gasteiger partial charge in [-0.3, -0.25) is 4.98 Å². The van der Waals surface area contributed by atoms with Crippen molar-refractivity contribution in [1.29, 1.82) is 0 Å². The lowest BCUT2D eigenvalue weighted by Gasteiger charge is -2.30. The van der Waals surface area contributed by atoms with Gasteiger partial charge in [-0.25, -0.2) is 4.98 Å². The van der Waals surface area contributed by atoms with Gasteiger partial charge < -0.3 is 10.7 Å². The molecule has 0 bridgehead atoms. The second kappa shape index (κ2) is 8.06. The Morgan fingerprint density at radius 3 is 2.38 bits per heavy atom. The van der Waals surface area contributed by atoms with E-state index < -0.39 is 5.54 Å². The van der Waals surface area contributed by atoms with Crippen molar-refractivity contribution in [2.45, 2.75) is 12.5 Å². The standard InChI is InChI=1S/C26H20Cl2N4/c1-16-11-22(17-3-2-4-21(28)12-17)23-13-19(7-10-24(23)32-16)26(29,25-14-30-15-31-25)18-5-8-20(27)9-6-18/h2-15H,29H2,1H3,(H,30,31). The van der Waals surface area contributed by atoms with Gasteiger partial charge in [-0.15, -0.1) is 0 Å². The molecule has 3 aromatic carbocycles. The summed E-state index contributed by atoms with van der Waals surface area (Å²) < 4.78 is 0. The maximum atomic E-state index is 7.13. The van der Waals surface area contributed by atoms with Crippen molar-refractivity contribution < 1.29 is 0 Å². The number of fused-ring (bicyclic) bond motifs is 1. The number of nitrogens with zero attached hydrogens (tertiary/aromatic N) is 2. The van der Waals surface area contributed by atoms with Crippen molar-refractivity contribution in [2.75, 3.05) is 0 Å².